The minimum atomic E-state index is -0.0400. The first-order valence-corrected chi connectivity index (χ1v) is 7.21. The zero-order chi connectivity index (χ0) is 12.7. The van der Waals surface area contributed by atoms with Gasteiger partial charge in [0, 0.05) is 18.0 Å². The van der Waals surface area contributed by atoms with E-state index in [1.807, 2.05) is 0 Å². The van der Waals surface area contributed by atoms with E-state index in [1.54, 1.807) is 11.8 Å². The Balaban J connectivity index is 2.18. The molecular weight excluding hydrogens is 230 g/mol. The van der Waals surface area contributed by atoms with Gasteiger partial charge in [-0.15, -0.1) is 11.8 Å². The van der Waals surface area contributed by atoms with Gasteiger partial charge >= 0.3 is 0 Å². The molecule has 0 saturated carbocycles. The average molecular weight is 253 g/mol. The fourth-order valence-corrected chi connectivity index (χ4v) is 1.81. The predicted molar refractivity (Wildman–Crippen MR) is 75.6 cm³/mol. The molecule has 0 bridgehead atoms. The number of hydrogen-bond donors (Lipinski definition) is 1. The van der Waals surface area contributed by atoms with E-state index in [0.29, 0.717) is 0 Å². The van der Waals surface area contributed by atoms with Crippen LogP contribution in [0.4, 0.5) is 0 Å². The summed E-state index contributed by atoms with van der Waals surface area (Å²) < 4.78 is 5.64. The van der Waals surface area contributed by atoms with Crippen molar-refractivity contribution in [3.63, 3.8) is 0 Å². The molecule has 0 atom stereocenters. The van der Waals surface area contributed by atoms with Crippen LogP contribution in [0.5, 0.6) is 0 Å². The molecule has 0 aliphatic rings. The number of rotatable bonds is 6. The molecule has 0 amide bonds. The summed E-state index contributed by atoms with van der Waals surface area (Å²) in [6.07, 6.45) is 2.09. The van der Waals surface area contributed by atoms with Crippen LogP contribution in [0.15, 0.2) is 29.2 Å². The quantitative estimate of drug-likeness (QED) is 0.621. The van der Waals surface area contributed by atoms with Gasteiger partial charge in [-0.25, -0.2) is 0 Å². The first-order chi connectivity index (χ1) is 8.01. The van der Waals surface area contributed by atoms with Crippen LogP contribution in [0.1, 0.15) is 26.3 Å². The lowest BCUT2D eigenvalue weighted by Crippen LogP contribution is -2.26. The zero-order valence-electron chi connectivity index (χ0n) is 11.2. The topological polar surface area (TPSA) is 21.3 Å². The molecule has 0 heterocycles. The third kappa shape index (κ3) is 6.71. The maximum absolute atomic E-state index is 5.64. The van der Waals surface area contributed by atoms with Gasteiger partial charge in [-0.1, -0.05) is 12.1 Å². The van der Waals surface area contributed by atoms with Crippen LogP contribution in [-0.2, 0) is 11.3 Å². The number of benzene rings is 1. The van der Waals surface area contributed by atoms with Gasteiger partial charge in [0.2, 0.25) is 0 Å². The molecule has 17 heavy (non-hydrogen) atoms. The Morgan fingerprint density at radius 2 is 1.82 bits per heavy atom. The van der Waals surface area contributed by atoms with Crippen LogP contribution in [-0.4, -0.2) is 25.0 Å². The summed E-state index contributed by atoms with van der Waals surface area (Å²) in [5.74, 6) is 0. The van der Waals surface area contributed by atoms with Gasteiger partial charge in [0.25, 0.3) is 0 Å². The Morgan fingerprint density at radius 1 is 1.18 bits per heavy atom. The number of thioether (sulfide) groups is 1. The van der Waals surface area contributed by atoms with Crippen molar-refractivity contribution in [3.05, 3.63) is 29.8 Å². The van der Waals surface area contributed by atoms with Crippen LogP contribution < -0.4 is 5.32 Å². The van der Waals surface area contributed by atoms with Gasteiger partial charge in [0.1, 0.15) is 0 Å². The van der Waals surface area contributed by atoms with E-state index >= 15 is 0 Å². The van der Waals surface area contributed by atoms with Crippen molar-refractivity contribution in [1.82, 2.24) is 5.32 Å². The highest BCUT2D eigenvalue weighted by Crippen LogP contribution is 2.14. The van der Waals surface area contributed by atoms with Crippen molar-refractivity contribution in [3.8, 4) is 0 Å². The fourth-order valence-electron chi connectivity index (χ4n) is 1.41. The zero-order valence-corrected chi connectivity index (χ0v) is 12.1. The van der Waals surface area contributed by atoms with Gasteiger partial charge in [0.15, 0.2) is 0 Å². The normalized spacial score (nSPS) is 11.8. The maximum Gasteiger partial charge on any atom is 0.0599 e. The number of ether oxygens (including phenoxy) is 1. The third-order valence-electron chi connectivity index (χ3n) is 2.30. The molecule has 0 aliphatic heterocycles. The summed E-state index contributed by atoms with van der Waals surface area (Å²) in [4.78, 5) is 1.31. The van der Waals surface area contributed by atoms with Crippen molar-refractivity contribution >= 4 is 11.8 Å². The molecule has 0 radical (unpaired) electrons. The van der Waals surface area contributed by atoms with Gasteiger partial charge in [-0.05, 0) is 44.7 Å². The molecule has 0 spiro atoms. The Bertz CT molecular complexity index is 316. The lowest BCUT2D eigenvalue weighted by atomic mass is 10.2. The molecule has 1 aromatic rings. The highest BCUT2D eigenvalue weighted by Gasteiger charge is 2.08. The van der Waals surface area contributed by atoms with Gasteiger partial charge < -0.3 is 10.1 Å². The van der Waals surface area contributed by atoms with Gasteiger partial charge in [-0.3, -0.25) is 0 Å². The van der Waals surface area contributed by atoms with E-state index in [2.05, 4.69) is 56.6 Å². The van der Waals surface area contributed by atoms with Crippen LogP contribution in [0.2, 0.25) is 0 Å². The molecule has 2 nitrogen and oxygen atoms in total. The molecule has 1 N–H and O–H groups in total. The average Bonchev–Trinajstić information content (AvgIpc) is 2.28. The highest BCUT2D eigenvalue weighted by atomic mass is 32.2. The molecule has 0 aromatic heterocycles. The summed E-state index contributed by atoms with van der Waals surface area (Å²) in [5, 5.41) is 3.38. The molecule has 0 saturated heterocycles. The maximum atomic E-state index is 5.64. The first kappa shape index (κ1) is 14.6. The summed E-state index contributed by atoms with van der Waals surface area (Å²) in [5.41, 5.74) is 1.28. The molecule has 3 heteroatoms. The first-order valence-electron chi connectivity index (χ1n) is 5.99. The molecule has 1 rings (SSSR count). The second-order valence-electron chi connectivity index (χ2n) is 4.99. The predicted octanol–water partition coefficient (Wildman–Crippen LogP) is 3.31. The summed E-state index contributed by atoms with van der Waals surface area (Å²) >= 11 is 1.77. The standard InChI is InChI=1S/C14H23NOS/c1-14(2,3)16-10-9-15-11-12-5-7-13(17-4)8-6-12/h5-8,15H,9-11H2,1-4H3. The second kappa shape index (κ2) is 7.04. The van der Waals surface area contributed by atoms with E-state index < -0.39 is 0 Å². The van der Waals surface area contributed by atoms with E-state index in [0.717, 1.165) is 19.7 Å². The summed E-state index contributed by atoms with van der Waals surface area (Å²) in [6, 6.07) is 8.66. The monoisotopic (exact) mass is 253 g/mol. The number of nitrogens with one attached hydrogen (secondary N) is 1. The van der Waals surface area contributed by atoms with Crippen molar-refractivity contribution in [2.24, 2.45) is 0 Å². The minimum Gasteiger partial charge on any atom is -0.375 e. The molecule has 96 valence electrons. The van der Waals surface area contributed by atoms with E-state index in [1.165, 1.54) is 10.5 Å². The largest absolute Gasteiger partial charge is 0.375 e. The fraction of sp³-hybridized carbons (Fsp3) is 0.571. The van der Waals surface area contributed by atoms with E-state index in [-0.39, 0.29) is 5.60 Å². The molecule has 0 unspecified atom stereocenters. The minimum absolute atomic E-state index is 0.0400. The van der Waals surface area contributed by atoms with E-state index in [4.69, 9.17) is 4.74 Å². The van der Waals surface area contributed by atoms with E-state index in [9.17, 15) is 0 Å². The van der Waals surface area contributed by atoms with Crippen LogP contribution in [0.3, 0.4) is 0 Å². The lowest BCUT2D eigenvalue weighted by Gasteiger charge is -2.19. The second-order valence-corrected chi connectivity index (χ2v) is 5.87. The number of hydrogen-bond acceptors (Lipinski definition) is 3. The highest BCUT2D eigenvalue weighted by molar-refractivity contribution is 7.98. The summed E-state index contributed by atoms with van der Waals surface area (Å²) in [7, 11) is 0. The Hall–Kier alpha value is -0.510. The Labute approximate surface area is 109 Å². The molecular formula is C14H23NOS. The van der Waals surface area contributed by atoms with Crippen LogP contribution in [0.25, 0.3) is 0 Å². The summed E-state index contributed by atoms with van der Waals surface area (Å²) in [6.45, 7) is 8.78. The lowest BCUT2D eigenvalue weighted by molar-refractivity contribution is -0.000885. The van der Waals surface area contributed by atoms with Crippen molar-refractivity contribution in [2.45, 2.75) is 37.8 Å². The third-order valence-corrected chi connectivity index (χ3v) is 3.05. The van der Waals surface area contributed by atoms with Crippen molar-refractivity contribution in [1.29, 1.82) is 0 Å². The molecule has 1 aromatic carbocycles. The van der Waals surface area contributed by atoms with Crippen LogP contribution >= 0.6 is 11.8 Å². The smallest absolute Gasteiger partial charge is 0.0599 e. The molecule has 0 fully saturated rings. The van der Waals surface area contributed by atoms with Gasteiger partial charge in [0.05, 0.1) is 12.2 Å². The van der Waals surface area contributed by atoms with Crippen molar-refractivity contribution in [2.75, 3.05) is 19.4 Å². The van der Waals surface area contributed by atoms with Crippen LogP contribution in [0, 0.1) is 0 Å². The van der Waals surface area contributed by atoms with Crippen molar-refractivity contribution < 1.29 is 4.74 Å². The SMILES string of the molecule is CSc1ccc(CNCCOC(C)(C)C)cc1. The molecule has 0 aliphatic carbocycles. The Kier molecular flexibility index (Phi) is 6.03. The van der Waals surface area contributed by atoms with Gasteiger partial charge in [-0.2, -0.15) is 0 Å². The Morgan fingerprint density at radius 3 is 2.35 bits per heavy atom.